The second-order valence-electron chi connectivity index (χ2n) is 3.69. The number of fused-ring (bicyclic) bond motifs is 1. The molecule has 0 aromatic heterocycles. The number of halogens is 1. The third-order valence-corrected chi connectivity index (χ3v) is 2.73. The van der Waals surface area contributed by atoms with E-state index in [0.29, 0.717) is 6.54 Å². The Morgan fingerprint density at radius 3 is 3.07 bits per heavy atom. The molecule has 1 aliphatic rings. The Balaban J connectivity index is 2.18. The summed E-state index contributed by atoms with van der Waals surface area (Å²) in [6.45, 7) is 3.33. The monoisotopic (exact) mass is 194 g/mol. The number of hydrogen-bond donors (Lipinski definition) is 1. The van der Waals surface area contributed by atoms with Crippen LogP contribution in [-0.2, 0) is 13.0 Å². The van der Waals surface area contributed by atoms with Crippen LogP contribution in [0.1, 0.15) is 11.1 Å². The van der Waals surface area contributed by atoms with E-state index in [1.54, 1.807) is 6.07 Å². The van der Waals surface area contributed by atoms with Crippen LogP contribution in [0.3, 0.4) is 0 Å². The maximum atomic E-state index is 13.3. The Labute approximate surface area is 83.5 Å². The quantitative estimate of drug-likeness (QED) is 0.765. The van der Waals surface area contributed by atoms with E-state index < -0.39 is 0 Å². The van der Waals surface area contributed by atoms with Gasteiger partial charge in [-0.15, -0.1) is 0 Å². The van der Waals surface area contributed by atoms with Crippen LogP contribution < -0.4 is 5.73 Å². The average Bonchev–Trinajstić information content (AvgIpc) is 2.18. The molecule has 0 amide bonds. The first-order valence-corrected chi connectivity index (χ1v) is 5.00. The van der Waals surface area contributed by atoms with Crippen molar-refractivity contribution >= 4 is 0 Å². The molecule has 0 aliphatic carbocycles. The lowest BCUT2D eigenvalue weighted by Crippen LogP contribution is -2.34. The van der Waals surface area contributed by atoms with Crippen LogP contribution >= 0.6 is 0 Å². The zero-order chi connectivity index (χ0) is 9.97. The predicted molar refractivity (Wildman–Crippen MR) is 54.4 cm³/mol. The summed E-state index contributed by atoms with van der Waals surface area (Å²) in [7, 11) is 0. The van der Waals surface area contributed by atoms with Crippen LogP contribution in [0.25, 0.3) is 0 Å². The second-order valence-corrected chi connectivity index (χ2v) is 3.69. The molecule has 1 aromatic rings. The van der Waals surface area contributed by atoms with Gasteiger partial charge in [0, 0.05) is 26.2 Å². The van der Waals surface area contributed by atoms with E-state index in [0.717, 1.165) is 37.2 Å². The van der Waals surface area contributed by atoms with Crippen LogP contribution in [0, 0.1) is 5.82 Å². The maximum Gasteiger partial charge on any atom is 0.126 e. The first-order chi connectivity index (χ1) is 6.81. The van der Waals surface area contributed by atoms with E-state index in [1.807, 2.05) is 6.07 Å². The van der Waals surface area contributed by atoms with Crippen LogP contribution in [-0.4, -0.2) is 24.5 Å². The summed E-state index contributed by atoms with van der Waals surface area (Å²) in [5.41, 5.74) is 7.50. The fourth-order valence-electron chi connectivity index (χ4n) is 1.99. The van der Waals surface area contributed by atoms with Gasteiger partial charge in [0.15, 0.2) is 0 Å². The highest BCUT2D eigenvalue weighted by molar-refractivity contribution is 5.30. The van der Waals surface area contributed by atoms with E-state index >= 15 is 0 Å². The number of rotatable bonds is 2. The van der Waals surface area contributed by atoms with Gasteiger partial charge in [-0.05, 0) is 23.6 Å². The van der Waals surface area contributed by atoms with Gasteiger partial charge in [0.2, 0.25) is 0 Å². The number of benzene rings is 1. The van der Waals surface area contributed by atoms with Crippen LogP contribution in [0.4, 0.5) is 4.39 Å². The highest BCUT2D eigenvalue weighted by atomic mass is 19.1. The number of nitrogens with two attached hydrogens (primary N) is 1. The van der Waals surface area contributed by atoms with E-state index in [-0.39, 0.29) is 5.82 Å². The molecule has 3 heteroatoms. The normalized spacial score (nSPS) is 16.7. The van der Waals surface area contributed by atoms with E-state index in [4.69, 9.17) is 5.73 Å². The molecule has 0 bridgehead atoms. The molecular formula is C11H15FN2. The third-order valence-electron chi connectivity index (χ3n) is 2.73. The van der Waals surface area contributed by atoms with Crippen LogP contribution in [0.2, 0.25) is 0 Å². The molecule has 2 nitrogen and oxygen atoms in total. The van der Waals surface area contributed by atoms with Gasteiger partial charge in [-0.3, -0.25) is 4.90 Å². The van der Waals surface area contributed by atoms with Gasteiger partial charge in [-0.25, -0.2) is 4.39 Å². The Morgan fingerprint density at radius 2 is 2.29 bits per heavy atom. The Morgan fingerprint density at radius 1 is 1.43 bits per heavy atom. The van der Waals surface area contributed by atoms with Crippen LogP contribution in [0.15, 0.2) is 18.2 Å². The Kier molecular flexibility index (Phi) is 2.79. The third kappa shape index (κ3) is 1.79. The van der Waals surface area contributed by atoms with Crippen molar-refractivity contribution in [2.24, 2.45) is 5.73 Å². The van der Waals surface area contributed by atoms with Crippen molar-refractivity contribution < 1.29 is 4.39 Å². The van der Waals surface area contributed by atoms with Crippen molar-refractivity contribution in [1.29, 1.82) is 0 Å². The molecule has 0 spiro atoms. The molecule has 76 valence electrons. The zero-order valence-corrected chi connectivity index (χ0v) is 8.17. The predicted octanol–water partition coefficient (Wildman–Crippen LogP) is 1.14. The van der Waals surface area contributed by atoms with E-state index in [2.05, 4.69) is 4.90 Å². The summed E-state index contributed by atoms with van der Waals surface area (Å²) in [5.74, 6) is -0.0603. The molecule has 0 saturated heterocycles. The first kappa shape index (κ1) is 9.62. The standard InChI is InChI=1S/C11H15FN2/c12-11-3-1-2-9-8-14(7-5-13)6-4-10(9)11/h1-3H,4-8,13H2. The van der Waals surface area contributed by atoms with Gasteiger partial charge >= 0.3 is 0 Å². The molecule has 14 heavy (non-hydrogen) atoms. The number of nitrogens with zero attached hydrogens (tertiary/aromatic N) is 1. The molecule has 2 rings (SSSR count). The van der Waals surface area contributed by atoms with Gasteiger partial charge in [-0.1, -0.05) is 12.1 Å². The second kappa shape index (κ2) is 4.07. The fourth-order valence-corrected chi connectivity index (χ4v) is 1.99. The lowest BCUT2D eigenvalue weighted by Gasteiger charge is -2.28. The summed E-state index contributed by atoms with van der Waals surface area (Å²) < 4.78 is 13.3. The number of hydrogen-bond acceptors (Lipinski definition) is 2. The smallest absolute Gasteiger partial charge is 0.126 e. The highest BCUT2D eigenvalue weighted by Crippen LogP contribution is 2.20. The van der Waals surface area contributed by atoms with Crippen molar-refractivity contribution in [3.8, 4) is 0 Å². The molecule has 0 unspecified atom stereocenters. The van der Waals surface area contributed by atoms with Crippen LogP contribution in [0.5, 0.6) is 0 Å². The van der Waals surface area contributed by atoms with Crippen molar-refractivity contribution in [2.75, 3.05) is 19.6 Å². The molecule has 0 atom stereocenters. The Hall–Kier alpha value is -0.930. The molecule has 0 fully saturated rings. The first-order valence-electron chi connectivity index (χ1n) is 5.00. The van der Waals surface area contributed by atoms with Crippen molar-refractivity contribution in [2.45, 2.75) is 13.0 Å². The summed E-state index contributed by atoms with van der Waals surface area (Å²) in [6.07, 6.45) is 0.808. The van der Waals surface area contributed by atoms with Crippen molar-refractivity contribution in [3.63, 3.8) is 0 Å². The minimum absolute atomic E-state index is 0.0603. The van der Waals surface area contributed by atoms with Crippen molar-refractivity contribution in [3.05, 3.63) is 35.1 Å². The summed E-state index contributed by atoms with van der Waals surface area (Å²) in [4.78, 5) is 2.27. The lowest BCUT2D eigenvalue weighted by molar-refractivity contribution is 0.259. The molecule has 1 aromatic carbocycles. The molecule has 1 heterocycles. The molecular weight excluding hydrogens is 179 g/mol. The minimum Gasteiger partial charge on any atom is -0.329 e. The van der Waals surface area contributed by atoms with Gasteiger partial charge < -0.3 is 5.73 Å². The van der Waals surface area contributed by atoms with E-state index in [9.17, 15) is 4.39 Å². The van der Waals surface area contributed by atoms with Gasteiger partial charge in [0.05, 0.1) is 0 Å². The summed E-state index contributed by atoms with van der Waals surface area (Å²) in [5, 5.41) is 0. The topological polar surface area (TPSA) is 29.3 Å². The summed E-state index contributed by atoms with van der Waals surface area (Å²) in [6, 6.07) is 5.32. The SMILES string of the molecule is NCCN1CCc2c(F)cccc2C1. The largest absolute Gasteiger partial charge is 0.329 e. The highest BCUT2D eigenvalue weighted by Gasteiger charge is 2.17. The average molecular weight is 194 g/mol. The molecule has 0 saturated carbocycles. The Bertz CT molecular complexity index is 325. The molecule has 1 aliphatic heterocycles. The lowest BCUT2D eigenvalue weighted by atomic mass is 9.99. The maximum absolute atomic E-state index is 13.3. The van der Waals surface area contributed by atoms with Gasteiger partial charge in [-0.2, -0.15) is 0 Å². The van der Waals surface area contributed by atoms with Gasteiger partial charge in [0.25, 0.3) is 0 Å². The van der Waals surface area contributed by atoms with E-state index in [1.165, 1.54) is 6.07 Å². The minimum atomic E-state index is -0.0603. The zero-order valence-electron chi connectivity index (χ0n) is 8.17. The molecule has 0 radical (unpaired) electrons. The molecule has 2 N–H and O–H groups in total. The van der Waals surface area contributed by atoms with Gasteiger partial charge in [0.1, 0.15) is 5.82 Å². The summed E-state index contributed by atoms with van der Waals surface area (Å²) >= 11 is 0. The van der Waals surface area contributed by atoms with Crippen molar-refractivity contribution in [1.82, 2.24) is 4.90 Å². The fraction of sp³-hybridized carbons (Fsp3) is 0.455.